The van der Waals surface area contributed by atoms with Gasteiger partial charge < -0.3 is 24.8 Å². The van der Waals surface area contributed by atoms with E-state index < -0.39 is 18.0 Å². The first-order valence-electron chi connectivity index (χ1n) is 10.7. The topological polar surface area (TPSA) is 85.9 Å². The van der Waals surface area contributed by atoms with E-state index in [-0.39, 0.29) is 12.0 Å². The lowest BCUT2D eigenvalue weighted by atomic mass is 9.90. The molecule has 1 unspecified atom stereocenters. The number of para-hydroxylation sites is 1. The van der Waals surface area contributed by atoms with Crippen molar-refractivity contribution in [3.8, 4) is 11.5 Å². The number of allylic oxidation sites excluding steroid dienone is 1. The Morgan fingerprint density at radius 3 is 2.38 bits per heavy atom. The summed E-state index contributed by atoms with van der Waals surface area (Å²) in [5, 5.41) is 5.65. The Balaban J connectivity index is 2.09. The first kappa shape index (κ1) is 23.2. The van der Waals surface area contributed by atoms with Crippen LogP contribution in [0, 0.1) is 5.92 Å². The molecule has 3 rings (SSSR count). The van der Waals surface area contributed by atoms with Crippen LogP contribution in [0.5, 0.6) is 11.5 Å². The number of urea groups is 1. The molecule has 1 aliphatic rings. The van der Waals surface area contributed by atoms with Crippen LogP contribution >= 0.6 is 0 Å². The SMILES string of the molecule is COc1cccc(C2NC(=O)NC(C(C)C)=C2C(=O)OC(C)C)c1OCc1ccccc1. The highest BCUT2D eigenvalue weighted by molar-refractivity contribution is 5.95. The minimum absolute atomic E-state index is 0.0995. The molecule has 2 aromatic carbocycles. The molecule has 7 heteroatoms. The number of hydrogen-bond acceptors (Lipinski definition) is 5. The second-order valence-corrected chi connectivity index (χ2v) is 8.12. The van der Waals surface area contributed by atoms with Gasteiger partial charge in [-0.15, -0.1) is 0 Å². The second kappa shape index (κ2) is 10.2. The molecule has 0 aromatic heterocycles. The van der Waals surface area contributed by atoms with Crippen molar-refractivity contribution in [3.05, 3.63) is 70.9 Å². The molecule has 2 amide bonds. The van der Waals surface area contributed by atoms with E-state index in [2.05, 4.69) is 10.6 Å². The van der Waals surface area contributed by atoms with Crippen molar-refractivity contribution in [3.63, 3.8) is 0 Å². The van der Waals surface area contributed by atoms with Gasteiger partial charge in [0.2, 0.25) is 0 Å². The fourth-order valence-electron chi connectivity index (χ4n) is 3.58. The number of carbonyl (C=O) groups is 2. The zero-order valence-electron chi connectivity index (χ0n) is 19.1. The molecule has 0 spiro atoms. The number of benzene rings is 2. The van der Waals surface area contributed by atoms with Gasteiger partial charge in [0.05, 0.1) is 24.8 Å². The zero-order chi connectivity index (χ0) is 23.3. The summed E-state index contributed by atoms with van der Waals surface area (Å²) in [4.78, 5) is 25.6. The largest absolute Gasteiger partial charge is 0.493 e. The molecule has 32 heavy (non-hydrogen) atoms. The van der Waals surface area contributed by atoms with Crippen LogP contribution in [0.1, 0.15) is 44.9 Å². The van der Waals surface area contributed by atoms with Gasteiger partial charge in [-0.1, -0.05) is 56.3 Å². The van der Waals surface area contributed by atoms with Gasteiger partial charge in [-0.25, -0.2) is 9.59 Å². The fraction of sp³-hybridized carbons (Fsp3) is 0.360. The molecule has 2 aromatic rings. The lowest BCUT2D eigenvalue weighted by Crippen LogP contribution is -2.47. The Morgan fingerprint density at radius 1 is 1.03 bits per heavy atom. The van der Waals surface area contributed by atoms with Gasteiger partial charge in [0.1, 0.15) is 6.61 Å². The molecule has 1 heterocycles. The Kier molecular flexibility index (Phi) is 7.41. The fourth-order valence-corrected chi connectivity index (χ4v) is 3.58. The van der Waals surface area contributed by atoms with Crippen LogP contribution in [0.15, 0.2) is 59.8 Å². The summed E-state index contributed by atoms with van der Waals surface area (Å²) in [6.45, 7) is 7.71. The Labute approximate surface area is 188 Å². The summed E-state index contributed by atoms with van der Waals surface area (Å²) < 4.78 is 17.2. The molecule has 0 saturated heterocycles. The highest BCUT2D eigenvalue weighted by Gasteiger charge is 2.37. The molecule has 2 N–H and O–H groups in total. The number of methoxy groups -OCH3 is 1. The first-order valence-corrected chi connectivity index (χ1v) is 10.7. The lowest BCUT2D eigenvalue weighted by molar-refractivity contribution is -0.143. The van der Waals surface area contributed by atoms with E-state index in [0.29, 0.717) is 34.9 Å². The van der Waals surface area contributed by atoms with Crippen molar-refractivity contribution < 1.29 is 23.8 Å². The summed E-state index contributed by atoms with van der Waals surface area (Å²) in [7, 11) is 1.55. The van der Waals surface area contributed by atoms with Crippen molar-refractivity contribution in [1.82, 2.24) is 10.6 Å². The minimum atomic E-state index is -0.756. The summed E-state index contributed by atoms with van der Waals surface area (Å²) in [6.07, 6.45) is -0.305. The average molecular weight is 439 g/mol. The summed E-state index contributed by atoms with van der Waals surface area (Å²) in [5.41, 5.74) is 2.48. The maximum atomic E-state index is 13.1. The standard InChI is InChI=1S/C25H30N2O5/c1-15(2)21-20(24(28)32-16(3)4)22(27-25(29)26-21)18-12-9-13-19(30-5)23(18)31-14-17-10-7-6-8-11-17/h6-13,15-16,22H,14H2,1-5H3,(H2,26,27,29). The van der Waals surface area contributed by atoms with Gasteiger partial charge in [0.15, 0.2) is 11.5 Å². The van der Waals surface area contributed by atoms with Crippen molar-refractivity contribution in [2.45, 2.75) is 46.4 Å². The monoisotopic (exact) mass is 438 g/mol. The Morgan fingerprint density at radius 2 is 1.75 bits per heavy atom. The molecule has 1 aliphatic heterocycles. The van der Waals surface area contributed by atoms with Crippen LogP contribution in [0.2, 0.25) is 0 Å². The third-order valence-corrected chi connectivity index (χ3v) is 5.01. The van der Waals surface area contributed by atoms with Gasteiger partial charge in [0.25, 0.3) is 0 Å². The van der Waals surface area contributed by atoms with Crippen molar-refractivity contribution in [2.24, 2.45) is 5.92 Å². The van der Waals surface area contributed by atoms with E-state index >= 15 is 0 Å². The summed E-state index contributed by atoms with van der Waals surface area (Å²) in [5.74, 6) is 0.383. The van der Waals surface area contributed by atoms with Crippen LogP contribution in [0.4, 0.5) is 4.79 Å². The predicted molar refractivity (Wildman–Crippen MR) is 121 cm³/mol. The predicted octanol–water partition coefficient (Wildman–Crippen LogP) is 4.49. The Bertz CT molecular complexity index is 999. The zero-order valence-corrected chi connectivity index (χ0v) is 19.1. The number of ether oxygens (including phenoxy) is 3. The van der Waals surface area contributed by atoms with E-state index in [4.69, 9.17) is 14.2 Å². The number of esters is 1. The third-order valence-electron chi connectivity index (χ3n) is 5.01. The van der Waals surface area contributed by atoms with Crippen LogP contribution in [-0.2, 0) is 16.1 Å². The third kappa shape index (κ3) is 5.22. The smallest absolute Gasteiger partial charge is 0.338 e. The normalized spacial score (nSPS) is 16.0. The van der Waals surface area contributed by atoms with E-state index in [0.717, 1.165) is 5.56 Å². The van der Waals surface area contributed by atoms with Gasteiger partial charge in [-0.3, -0.25) is 0 Å². The molecule has 0 aliphatic carbocycles. The number of rotatable bonds is 8. The molecule has 0 bridgehead atoms. The molecule has 170 valence electrons. The number of carbonyl (C=O) groups excluding carboxylic acids is 2. The summed E-state index contributed by atoms with van der Waals surface area (Å²) >= 11 is 0. The van der Waals surface area contributed by atoms with Gasteiger partial charge in [0, 0.05) is 11.3 Å². The van der Waals surface area contributed by atoms with E-state index in [1.807, 2.05) is 50.2 Å². The van der Waals surface area contributed by atoms with Crippen LogP contribution in [-0.4, -0.2) is 25.2 Å². The first-order chi connectivity index (χ1) is 15.3. The highest BCUT2D eigenvalue weighted by atomic mass is 16.5. The van der Waals surface area contributed by atoms with Crippen LogP contribution in [0.3, 0.4) is 0 Å². The average Bonchev–Trinajstić information content (AvgIpc) is 2.76. The highest BCUT2D eigenvalue weighted by Crippen LogP contribution is 2.40. The number of amides is 2. The molecule has 1 atom stereocenters. The van der Waals surface area contributed by atoms with Gasteiger partial charge >= 0.3 is 12.0 Å². The van der Waals surface area contributed by atoms with Crippen molar-refractivity contribution in [2.75, 3.05) is 7.11 Å². The molecule has 0 radical (unpaired) electrons. The second-order valence-electron chi connectivity index (χ2n) is 8.12. The molecular formula is C25H30N2O5. The van der Waals surface area contributed by atoms with E-state index in [1.165, 1.54) is 0 Å². The van der Waals surface area contributed by atoms with Crippen LogP contribution < -0.4 is 20.1 Å². The van der Waals surface area contributed by atoms with Crippen molar-refractivity contribution in [1.29, 1.82) is 0 Å². The Hall–Kier alpha value is -3.48. The number of nitrogens with one attached hydrogen (secondary N) is 2. The van der Waals surface area contributed by atoms with E-state index in [1.54, 1.807) is 33.1 Å². The quantitative estimate of drug-likeness (QED) is 0.593. The minimum Gasteiger partial charge on any atom is -0.493 e. The van der Waals surface area contributed by atoms with Crippen LogP contribution in [0.25, 0.3) is 0 Å². The molecular weight excluding hydrogens is 408 g/mol. The molecule has 0 fully saturated rings. The van der Waals surface area contributed by atoms with Gasteiger partial charge in [-0.05, 0) is 31.4 Å². The van der Waals surface area contributed by atoms with Crippen molar-refractivity contribution >= 4 is 12.0 Å². The molecule has 0 saturated carbocycles. The summed E-state index contributed by atoms with van der Waals surface area (Å²) in [6, 6.07) is 14.0. The lowest BCUT2D eigenvalue weighted by Gasteiger charge is -2.32. The van der Waals surface area contributed by atoms with Gasteiger partial charge in [-0.2, -0.15) is 0 Å². The molecule has 7 nitrogen and oxygen atoms in total. The number of hydrogen-bond donors (Lipinski definition) is 2. The maximum Gasteiger partial charge on any atom is 0.338 e. The maximum absolute atomic E-state index is 13.1. The van der Waals surface area contributed by atoms with E-state index in [9.17, 15) is 9.59 Å².